The highest BCUT2D eigenvalue weighted by atomic mass is 79.9. The van der Waals surface area contributed by atoms with Crippen molar-refractivity contribution < 1.29 is 19.4 Å². The Hall–Kier alpha value is -1.51. The molecule has 1 aliphatic heterocycles. The highest BCUT2D eigenvalue weighted by molar-refractivity contribution is 9.10. The van der Waals surface area contributed by atoms with E-state index in [1.54, 1.807) is 16.2 Å². The normalized spacial score (nSPS) is 18.3. The zero-order chi connectivity index (χ0) is 16.4. The van der Waals surface area contributed by atoms with E-state index in [2.05, 4.69) is 20.9 Å². The van der Waals surface area contributed by atoms with E-state index in [1.165, 1.54) is 0 Å². The van der Waals surface area contributed by atoms with Gasteiger partial charge in [0.2, 0.25) is 5.91 Å². The van der Waals surface area contributed by atoms with Gasteiger partial charge in [0.15, 0.2) is 6.10 Å². The van der Waals surface area contributed by atoms with Crippen LogP contribution in [0.4, 0.5) is 0 Å². The summed E-state index contributed by atoms with van der Waals surface area (Å²) in [7, 11) is 0. The minimum absolute atomic E-state index is 0.0556. The molecule has 1 unspecified atom stereocenters. The predicted octanol–water partition coefficient (Wildman–Crippen LogP) is 2.30. The summed E-state index contributed by atoms with van der Waals surface area (Å²) >= 11 is 5.00. The molecule has 0 bridgehead atoms. The lowest BCUT2D eigenvalue weighted by atomic mass is 10.2. The van der Waals surface area contributed by atoms with Crippen LogP contribution >= 0.6 is 27.3 Å². The van der Waals surface area contributed by atoms with Crippen LogP contribution in [0.5, 0.6) is 0 Å². The van der Waals surface area contributed by atoms with Crippen LogP contribution in [0.1, 0.15) is 11.4 Å². The average molecular weight is 399 g/mol. The molecule has 1 fully saturated rings. The molecule has 0 saturated carbocycles. The molecule has 122 valence electrons. The highest BCUT2D eigenvalue weighted by Crippen LogP contribution is 2.26. The summed E-state index contributed by atoms with van der Waals surface area (Å²) in [5, 5.41) is 9.89. The van der Waals surface area contributed by atoms with Crippen molar-refractivity contribution in [2.24, 2.45) is 0 Å². The lowest BCUT2D eigenvalue weighted by Gasteiger charge is -2.30. The van der Waals surface area contributed by atoms with Crippen molar-refractivity contribution >= 4 is 49.4 Å². The van der Waals surface area contributed by atoms with Crippen molar-refractivity contribution in [2.75, 3.05) is 19.7 Å². The fraction of sp³-hybridized carbons (Fsp3) is 0.400. The van der Waals surface area contributed by atoms with E-state index in [-0.39, 0.29) is 19.1 Å². The zero-order valence-corrected chi connectivity index (χ0v) is 14.6. The quantitative estimate of drug-likeness (QED) is 0.854. The van der Waals surface area contributed by atoms with Crippen molar-refractivity contribution in [1.82, 2.24) is 9.88 Å². The number of rotatable bonds is 4. The van der Waals surface area contributed by atoms with Crippen molar-refractivity contribution in [3.8, 4) is 0 Å². The number of carboxylic acids is 1. The monoisotopic (exact) mass is 398 g/mol. The lowest BCUT2D eigenvalue weighted by Crippen LogP contribution is -2.48. The molecule has 23 heavy (non-hydrogen) atoms. The number of ether oxygens (including phenoxy) is 1. The number of aromatic nitrogens is 1. The maximum Gasteiger partial charge on any atom is 0.334 e. The van der Waals surface area contributed by atoms with E-state index < -0.39 is 12.1 Å². The molecule has 0 radical (unpaired) electrons. The first-order valence-electron chi connectivity index (χ1n) is 7.20. The summed E-state index contributed by atoms with van der Waals surface area (Å²) in [6.45, 7) is 0.814. The van der Waals surface area contributed by atoms with Gasteiger partial charge in [-0.1, -0.05) is 15.9 Å². The van der Waals surface area contributed by atoms with Crippen LogP contribution in [0, 0.1) is 0 Å². The molecule has 0 spiro atoms. The van der Waals surface area contributed by atoms with E-state index in [1.807, 2.05) is 18.2 Å². The van der Waals surface area contributed by atoms with Crippen molar-refractivity contribution in [1.29, 1.82) is 0 Å². The Bertz CT molecular complexity index is 748. The van der Waals surface area contributed by atoms with Crippen LogP contribution in [0.3, 0.4) is 0 Å². The van der Waals surface area contributed by atoms with Crippen LogP contribution in [-0.4, -0.2) is 52.7 Å². The zero-order valence-electron chi connectivity index (χ0n) is 12.2. The summed E-state index contributed by atoms with van der Waals surface area (Å²) in [5.74, 6) is -1.08. The number of carbonyl (C=O) groups is 2. The number of hydrogen-bond acceptors (Lipinski definition) is 5. The van der Waals surface area contributed by atoms with Gasteiger partial charge in [-0.15, -0.1) is 11.3 Å². The minimum Gasteiger partial charge on any atom is -0.479 e. The SMILES string of the molecule is O=C(O)C1CN(C(=O)CCc2nc3cc(Br)ccc3s2)CCO1. The molecular weight excluding hydrogens is 384 g/mol. The van der Waals surface area contributed by atoms with Crippen LogP contribution in [0.2, 0.25) is 0 Å². The molecule has 6 nitrogen and oxygen atoms in total. The third-order valence-electron chi connectivity index (χ3n) is 3.64. The summed E-state index contributed by atoms with van der Waals surface area (Å²) in [6.07, 6.45) is -0.0365. The second-order valence-electron chi connectivity index (χ2n) is 5.26. The molecule has 1 amide bonds. The van der Waals surface area contributed by atoms with Gasteiger partial charge in [0, 0.05) is 23.9 Å². The number of morpholine rings is 1. The van der Waals surface area contributed by atoms with Crippen LogP contribution in [-0.2, 0) is 20.7 Å². The summed E-state index contributed by atoms with van der Waals surface area (Å²) in [6, 6.07) is 5.92. The van der Waals surface area contributed by atoms with E-state index in [4.69, 9.17) is 9.84 Å². The summed E-state index contributed by atoms with van der Waals surface area (Å²) in [5.41, 5.74) is 0.920. The molecule has 2 heterocycles. The van der Waals surface area contributed by atoms with E-state index >= 15 is 0 Å². The van der Waals surface area contributed by atoms with Gasteiger partial charge in [0.25, 0.3) is 0 Å². The predicted molar refractivity (Wildman–Crippen MR) is 89.6 cm³/mol. The Morgan fingerprint density at radius 3 is 3.09 bits per heavy atom. The molecule has 1 aromatic heterocycles. The van der Waals surface area contributed by atoms with Gasteiger partial charge in [-0.25, -0.2) is 9.78 Å². The van der Waals surface area contributed by atoms with Crippen molar-refractivity contribution in [3.05, 3.63) is 27.7 Å². The number of hydrogen-bond donors (Lipinski definition) is 1. The largest absolute Gasteiger partial charge is 0.479 e. The number of fused-ring (bicyclic) bond motifs is 1. The van der Waals surface area contributed by atoms with E-state index in [0.717, 1.165) is 19.7 Å². The molecule has 2 aromatic rings. The third-order valence-corrected chi connectivity index (χ3v) is 5.23. The van der Waals surface area contributed by atoms with Crippen LogP contribution in [0.25, 0.3) is 10.2 Å². The first kappa shape index (κ1) is 16.4. The second-order valence-corrected chi connectivity index (χ2v) is 7.29. The van der Waals surface area contributed by atoms with Crippen molar-refractivity contribution in [3.63, 3.8) is 0 Å². The first-order valence-corrected chi connectivity index (χ1v) is 8.81. The van der Waals surface area contributed by atoms with Gasteiger partial charge in [0.1, 0.15) is 0 Å². The topological polar surface area (TPSA) is 79.7 Å². The smallest absolute Gasteiger partial charge is 0.334 e. The third kappa shape index (κ3) is 3.88. The Morgan fingerprint density at radius 1 is 1.48 bits per heavy atom. The maximum absolute atomic E-state index is 12.3. The number of nitrogens with zero attached hydrogens (tertiary/aromatic N) is 2. The number of aliphatic carboxylic acids is 1. The standard InChI is InChI=1S/C15H15BrN2O4S/c16-9-1-2-12-10(7-9)17-13(23-12)3-4-14(19)18-5-6-22-11(8-18)15(20)21/h1-2,7,11H,3-6,8H2,(H,20,21). The fourth-order valence-corrected chi connectivity index (χ4v) is 3.75. The van der Waals surface area contributed by atoms with Gasteiger partial charge in [-0.2, -0.15) is 0 Å². The number of carbonyl (C=O) groups excluding carboxylic acids is 1. The van der Waals surface area contributed by atoms with Gasteiger partial charge in [0.05, 0.1) is 28.4 Å². The molecule has 1 aliphatic rings. The van der Waals surface area contributed by atoms with Gasteiger partial charge < -0.3 is 14.7 Å². The number of amides is 1. The molecule has 3 rings (SSSR count). The lowest BCUT2D eigenvalue weighted by molar-refractivity contribution is -0.159. The van der Waals surface area contributed by atoms with Gasteiger partial charge >= 0.3 is 5.97 Å². The average Bonchev–Trinajstić information content (AvgIpc) is 2.94. The van der Waals surface area contributed by atoms with Crippen molar-refractivity contribution in [2.45, 2.75) is 18.9 Å². The molecule has 0 aliphatic carbocycles. The molecular formula is C15H15BrN2O4S. The molecule has 8 heteroatoms. The highest BCUT2D eigenvalue weighted by Gasteiger charge is 2.28. The minimum atomic E-state index is -1.03. The van der Waals surface area contributed by atoms with E-state index in [0.29, 0.717) is 19.4 Å². The molecule has 1 N–H and O–H groups in total. The Labute approximate surface area is 145 Å². The van der Waals surface area contributed by atoms with E-state index in [9.17, 15) is 9.59 Å². The molecule has 1 saturated heterocycles. The van der Waals surface area contributed by atoms with Gasteiger partial charge in [-0.3, -0.25) is 4.79 Å². The Kier molecular flexibility index (Phi) is 4.93. The number of aryl methyl sites for hydroxylation is 1. The van der Waals surface area contributed by atoms with Crippen LogP contribution in [0.15, 0.2) is 22.7 Å². The summed E-state index contributed by atoms with van der Waals surface area (Å²) < 4.78 is 7.19. The first-order chi connectivity index (χ1) is 11.0. The fourth-order valence-electron chi connectivity index (χ4n) is 2.45. The number of carboxylic acid groups (broad SMARTS) is 1. The number of benzene rings is 1. The van der Waals surface area contributed by atoms with Crippen LogP contribution < -0.4 is 0 Å². The molecule has 1 aromatic carbocycles. The molecule has 1 atom stereocenters. The number of thiazole rings is 1. The number of halogens is 1. The Morgan fingerprint density at radius 2 is 2.30 bits per heavy atom. The van der Waals surface area contributed by atoms with Gasteiger partial charge in [-0.05, 0) is 18.2 Å². The maximum atomic E-state index is 12.3. The summed E-state index contributed by atoms with van der Waals surface area (Å²) in [4.78, 5) is 29.3. The second kappa shape index (κ2) is 6.94. The Balaban J connectivity index is 1.60.